The molecule has 2 unspecified atom stereocenters. The van der Waals surface area contributed by atoms with E-state index in [1.54, 1.807) is 6.66 Å². The number of rotatable bonds is 5. The Labute approximate surface area is 94.0 Å². The van der Waals surface area contributed by atoms with Gasteiger partial charge in [-0.1, -0.05) is 0 Å². The number of nitrogens with zero attached hydrogens (tertiary/aromatic N) is 1. The predicted molar refractivity (Wildman–Crippen MR) is 63.5 cm³/mol. The van der Waals surface area contributed by atoms with Crippen LogP contribution in [0.5, 0.6) is 0 Å². The van der Waals surface area contributed by atoms with Crippen molar-refractivity contribution in [1.29, 1.82) is 0 Å². The van der Waals surface area contributed by atoms with Gasteiger partial charge in [0.05, 0.1) is 0 Å². The molecule has 0 aromatic heterocycles. The maximum Gasteiger partial charge on any atom is 0.504 e. The van der Waals surface area contributed by atoms with E-state index in [1.807, 2.05) is 0 Å². The van der Waals surface area contributed by atoms with Crippen LogP contribution >= 0.6 is 8.03 Å². The van der Waals surface area contributed by atoms with Crippen molar-refractivity contribution in [2.75, 3.05) is 26.4 Å². The Morgan fingerprint density at radius 3 is 2.87 bits per heavy atom. The molecule has 1 fully saturated rings. The van der Waals surface area contributed by atoms with E-state index in [0.29, 0.717) is 12.6 Å². The molecule has 0 radical (unpaired) electrons. The lowest BCUT2D eigenvalue weighted by molar-refractivity contribution is 0.126. The van der Waals surface area contributed by atoms with Crippen LogP contribution in [-0.4, -0.2) is 37.3 Å². The summed E-state index contributed by atoms with van der Waals surface area (Å²) >= 11 is 0. The van der Waals surface area contributed by atoms with Gasteiger partial charge in [0.15, 0.2) is 6.66 Å². The molecule has 0 aliphatic carbocycles. The Morgan fingerprint density at radius 1 is 1.53 bits per heavy atom. The lowest BCUT2D eigenvalue weighted by Crippen LogP contribution is -2.40. The van der Waals surface area contributed by atoms with Crippen LogP contribution in [0.4, 0.5) is 0 Å². The molecule has 1 aliphatic heterocycles. The minimum Gasteiger partial charge on any atom is -0.301 e. The lowest BCUT2D eigenvalue weighted by Gasteiger charge is -2.35. The third-order valence-electron chi connectivity index (χ3n) is 3.08. The monoisotopic (exact) mass is 232 g/mol. The maximum absolute atomic E-state index is 10.8. The molecule has 88 valence electrons. The molecule has 0 N–H and O–H groups in total. The quantitative estimate of drug-likeness (QED) is 0.683. The Morgan fingerprint density at radius 2 is 2.27 bits per heavy atom. The topological polar surface area (TPSA) is 29.5 Å². The summed E-state index contributed by atoms with van der Waals surface area (Å²) in [5, 5.41) is 0. The van der Waals surface area contributed by atoms with Crippen molar-refractivity contribution in [2.24, 2.45) is 5.92 Å². The molecule has 1 heterocycles. The van der Waals surface area contributed by atoms with E-state index in [1.165, 1.54) is 25.9 Å². The van der Waals surface area contributed by atoms with E-state index in [4.69, 9.17) is 4.52 Å². The SMILES string of the molecule is CC(C)N1CCCC(CCO[P+](C)=O)C1. The summed E-state index contributed by atoms with van der Waals surface area (Å²) in [5.74, 6) is 0.732. The van der Waals surface area contributed by atoms with Crippen LogP contribution in [0.2, 0.25) is 0 Å². The van der Waals surface area contributed by atoms with Gasteiger partial charge in [0.2, 0.25) is 0 Å². The summed E-state index contributed by atoms with van der Waals surface area (Å²) in [7, 11) is -1.41. The van der Waals surface area contributed by atoms with Crippen molar-refractivity contribution in [3.63, 3.8) is 0 Å². The minimum absolute atomic E-state index is 0.650. The summed E-state index contributed by atoms with van der Waals surface area (Å²) in [5.41, 5.74) is 0. The maximum atomic E-state index is 10.8. The Balaban J connectivity index is 2.21. The smallest absolute Gasteiger partial charge is 0.301 e. The molecule has 1 rings (SSSR count). The van der Waals surface area contributed by atoms with Gasteiger partial charge in [0.1, 0.15) is 6.61 Å². The number of hydrogen-bond acceptors (Lipinski definition) is 3. The zero-order chi connectivity index (χ0) is 11.3. The molecule has 3 nitrogen and oxygen atoms in total. The molecule has 0 aromatic carbocycles. The molecule has 0 spiro atoms. The molecular formula is C11H23NO2P+. The predicted octanol–water partition coefficient (Wildman–Crippen LogP) is 2.89. The van der Waals surface area contributed by atoms with Crippen molar-refractivity contribution in [3.8, 4) is 0 Å². The van der Waals surface area contributed by atoms with Gasteiger partial charge in [-0.05, 0) is 50.1 Å². The Hall–Kier alpha value is 0.0200. The zero-order valence-electron chi connectivity index (χ0n) is 10.1. The number of likely N-dealkylation sites (tertiary alicyclic amines) is 1. The molecule has 1 saturated heterocycles. The molecule has 1 aliphatic rings. The van der Waals surface area contributed by atoms with Crippen LogP contribution in [0.25, 0.3) is 0 Å². The second-order valence-corrected chi connectivity index (χ2v) is 5.80. The van der Waals surface area contributed by atoms with Gasteiger partial charge in [-0.3, -0.25) is 0 Å². The molecule has 0 amide bonds. The molecular weight excluding hydrogens is 209 g/mol. The van der Waals surface area contributed by atoms with E-state index in [2.05, 4.69) is 18.7 Å². The Kier molecular flexibility index (Phi) is 5.73. The zero-order valence-corrected chi connectivity index (χ0v) is 11.0. The normalized spacial score (nSPS) is 24.5. The molecule has 2 atom stereocenters. The highest BCUT2D eigenvalue weighted by Crippen LogP contribution is 2.23. The first-order valence-electron chi connectivity index (χ1n) is 5.87. The second kappa shape index (κ2) is 6.57. The standard InChI is InChI=1S/C11H23NO2P/c1-10(2)12-7-4-5-11(9-12)6-8-14-15(3)13/h10-11H,4-9H2,1-3H3/q+1. The summed E-state index contributed by atoms with van der Waals surface area (Å²) in [6.07, 6.45) is 3.65. The van der Waals surface area contributed by atoms with E-state index in [-0.39, 0.29) is 0 Å². The minimum atomic E-state index is -1.41. The summed E-state index contributed by atoms with van der Waals surface area (Å²) < 4.78 is 15.9. The summed E-state index contributed by atoms with van der Waals surface area (Å²) in [6.45, 7) is 9.20. The molecule has 0 saturated carbocycles. The van der Waals surface area contributed by atoms with Gasteiger partial charge in [0, 0.05) is 12.6 Å². The third kappa shape index (κ3) is 5.05. The highest BCUT2D eigenvalue weighted by molar-refractivity contribution is 7.38. The average Bonchev–Trinajstić information content (AvgIpc) is 2.17. The van der Waals surface area contributed by atoms with E-state index < -0.39 is 8.03 Å². The number of piperidine rings is 1. The van der Waals surface area contributed by atoms with Gasteiger partial charge in [-0.2, -0.15) is 0 Å². The highest BCUT2D eigenvalue weighted by atomic mass is 31.1. The van der Waals surface area contributed by atoms with Crippen LogP contribution in [-0.2, 0) is 9.09 Å². The van der Waals surface area contributed by atoms with Gasteiger partial charge in [-0.15, -0.1) is 4.52 Å². The van der Waals surface area contributed by atoms with Gasteiger partial charge < -0.3 is 4.90 Å². The van der Waals surface area contributed by atoms with Crippen molar-refractivity contribution in [1.82, 2.24) is 4.90 Å². The van der Waals surface area contributed by atoms with Crippen molar-refractivity contribution in [2.45, 2.75) is 39.2 Å². The van der Waals surface area contributed by atoms with Crippen LogP contribution < -0.4 is 0 Å². The number of hydrogen-bond donors (Lipinski definition) is 0. The van der Waals surface area contributed by atoms with E-state index in [9.17, 15) is 4.57 Å². The van der Waals surface area contributed by atoms with Crippen molar-refractivity contribution in [3.05, 3.63) is 0 Å². The fourth-order valence-corrected chi connectivity index (χ4v) is 2.51. The van der Waals surface area contributed by atoms with Crippen LogP contribution in [0.15, 0.2) is 0 Å². The first-order valence-corrected chi connectivity index (χ1v) is 7.50. The van der Waals surface area contributed by atoms with Gasteiger partial charge >= 0.3 is 8.03 Å². The summed E-state index contributed by atoms with van der Waals surface area (Å²) in [4.78, 5) is 2.53. The van der Waals surface area contributed by atoms with Gasteiger partial charge in [-0.25, -0.2) is 0 Å². The summed E-state index contributed by atoms with van der Waals surface area (Å²) in [6, 6.07) is 0.650. The highest BCUT2D eigenvalue weighted by Gasteiger charge is 2.22. The largest absolute Gasteiger partial charge is 0.504 e. The van der Waals surface area contributed by atoms with Crippen LogP contribution in [0.3, 0.4) is 0 Å². The fraction of sp³-hybridized carbons (Fsp3) is 1.00. The fourth-order valence-electron chi connectivity index (χ4n) is 2.15. The Bertz CT molecular complexity index is 209. The lowest BCUT2D eigenvalue weighted by atomic mass is 9.94. The van der Waals surface area contributed by atoms with Gasteiger partial charge in [0.25, 0.3) is 0 Å². The van der Waals surface area contributed by atoms with Crippen LogP contribution in [0, 0.1) is 5.92 Å². The average molecular weight is 232 g/mol. The molecule has 4 heteroatoms. The molecule has 0 aromatic rings. The molecule has 0 bridgehead atoms. The van der Waals surface area contributed by atoms with Crippen molar-refractivity contribution >= 4 is 8.03 Å². The van der Waals surface area contributed by atoms with E-state index >= 15 is 0 Å². The first kappa shape index (κ1) is 13.1. The third-order valence-corrected chi connectivity index (χ3v) is 3.63. The first-order chi connectivity index (χ1) is 7.09. The van der Waals surface area contributed by atoms with Crippen LogP contribution in [0.1, 0.15) is 33.1 Å². The van der Waals surface area contributed by atoms with E-state index in [0.717, 1.165) is 12.3 Å². The van der Waals surface area contributed by atoms with Crippen molar-refractivity contribution < 1.29 is 9.09 Å². The molecule has 15 heavy (non-hydrogen) atoms. The second-order valence-electron chi connectivity index (χ2n) is 4.66.